The summed E-state index contributed by atoms with van der Waals surface area (Å²) in [4.78, 5) is 11.7. The predicted molar refractivity (Wildman–Crippen MR) is 69.5 cm³/mol. The van der Waals surface area contributed by atoms with Crippen LogP contribution in [0.1, 0.15) is 17.3 Å². The lowest BCUT2D eigenvalue weighted by atomic mass is 10.1. The van der Waals surface area contributed by atoms with E-state index in [1.54, 1.807) is 12.1 Å². The average Bonchev–Trinajstić information content (AvgIpc) is 2.30. The molecule has 1 aromatic rings. The molecule has 2 N–H and O–H groups in total. The van der Waals surface area contributed by atoms with Gasteiger partial charge in [0, 0.05) is 6.54 Å². The van der Waals surface area contributed by atoms with Gasteiger partial charge in [-0.1, -0.05) is 13.0 Å². The molecule has 0 spiro atoms. The normalized spacial score (nSPS) is 12.2. The molecule has 0 aliphatic carbocycles. The summed E-state index contributed by atoms with van der Waals surface area (Å²) in [6, 6.07) is 4.67. The van der Waals surface area contributed by atoms with E-state index >= 15 is 0 Å². The highest BCUT2D eigenvalue weighted by Gasteiger charge is 2.14. The van der Waals surface area contributed by atoms with E-state index in [1.165, 1.54) is 6.07 Å². The van der Waals surface area contributed by atoms with E-state index in [-0.39, 0.29) is 11.5 Å². The SMILES string of the molecule is CNCC(C)CNC(=O)c1cccc(Br)c1F. The maximum absolute atomic E-state index is 13.6. The second-order valence-corrected chi connectivity index (χ2v) is 4.83. The van der Waals surface area contributed by atoms with Crippen molar-refractivity contribution in [1.82, 2.24) is 10.6 Å². The van der Waals surface area contributed by atoms with Crippen LogP contribution in [0.2, 0.25) is 0 Å². The van der Waals surface area contributed by atoms with E-state index in [1.807, 2.05) is 14.0 Å². The third kappa shape index (κ3) is 4.09. The molecule has 0 fully saturated rings. The first-order valence-electron chi connectivity index (χ1n) is 5.43. The van der Waals surface area contributed by atoms with Gasteiger partial charge in [0.15, 0.2) is 0 Å². The molecule has 0 saturated carbocycles. The van der Waals surface area contributed by atoms with Crippen molar-refractivity contribution >= 4 is 21.8 Å². The molecule has 1 unspecified atom stereocenters. The van der Waals surface area contributed by atoms with Gasteiger partial charge in [0.1, 0.15) is 5.82 Å². The van der Waals surface area contributed by atoms with E-state index < -0.39 is 5.82 Å². The predicted octanol–water partition coefficient (Wildman–Crippen LogP) is 2.17. The summed E-state index contributed by atoms with van der Waals surface area (Å²) in [6.45, 7) is 3.33. The number of nitrogens with one attached hydrogen (secondary N) is 2. The number of carbonyl (C=O) groups is 1. The number of halogens is 2. The molecular weight excluding hydrogens is 287 g/mol. The zero-order chi connectivity index (χ0) is 12.8. The lowest BCUT2D eigenvalue weighted by Crippen LogP contribution is -2.32. The molecule has 0 aliphatic heterocycles. The summed E-state index contributed by atoms with van der Waals surface area (Å²) < 4.78 is 13.9. The van der Waals surface area contributed by atoms with Gasteiger partial charge in [-0.25, -0.2) is 4.39 Å². The van der Waals surface area contributed by atoms with Crippen LogP contribution in [0.25, 0.3) is 0 Å². The molecule has 3 nitrogen and oxygen atoms in total. The molecule has 1 atom stereocenters. The molecule has 1 aromatic carbocycles. The smallest absolute Gasteiger partial charge is 0.254 e. The van der Waals surface area contributed by atoms with Gasteiger partial charge in [0.2, 0.25) is 0 Å². The van der Waals surface area contributed by atoms with Crippen molar-refractivity contribution in [2.45, 2.75) is 6.92 Å². The molecule has 0 saturated heterocycles. The molecule has 94 valence electrons. The van der Waals surface area contributed by atoms with Crippen LogP contribution >= 0.6 is 15.9 Å². The molecule has 1 amide bonds. The van der Waals surface area contributed by atoms with Crippen molar-refractivity contribution < 1.29 is 9.18 Å². The van der Waals surface area contributed by atoms with Crippen molar-refractivity contribution in [3.63, 3.8) is 0 Å². The second kappa shape index (κ2) is 6.71. The Hall–Kier alpha value is -0.940. The Bertz CT molecular complexity index is 398. The third-order valence-electron chi connectivity index (χ3n) is 2.36. The molecule has 0 radical (unpaired) electrons. The maximum Gasteiger partial charge on any atom is 0.254 e. The van der Waals surface area contributed by atoms with Crippen molar-refractivity contribution in [1.29, 1.82) is 0 Å². The Balaban J connectivity index is 2.61. The Morgan fingerprint density at radius 2 is 2.18 bits per heavy atom. The van der Waals surface area contributed by atoms with Crippen LogP contribution in [0.4, 0.5) is 4.39 Å². The van der Waals surface area contributed by atoms with E-state index in [2.05, 4.69) is 26.6 Å². The van der Waals surface area contributed by atoms with Crippen LogP contribution in [0, 0.1) is 11.7 Å². The second-order valence-electron chi connectivity index (χ2n) is 3.97. The van der Waals surface area contributed by atoms with Crippen molar-refractivity contribution in [2.75, 3.05) is 20.1 Å². The number of benzene rings is 1. The van der Waals surface area contributed by atoms with Gasteiger partial charge >= 0.3 is 0 Å². The van der Waals surface area contributed by atoms with Crippen LogP contribution in [-0.2, 0) is 0 Å². The lowest BCUT2D eigenvalue weighted by molar-refractivity contribution is 0.0944. The Kier molecular flexibility index (Phi) is 5.58. The summed E-state index contributed by atoms with van der Waals surface area (Å²) in [5, 5.41) is 5.73. The van der Waals surface area contributed by atoms with Crippen LogP contribution in [0.15, 0.2) is 22.7 Å². The maximum atomic E-state index is 13.6. The van der Waals surface area contributed by atoms with Gasteiger partial charge < -0.3 is 10.6 Å². The zero-order valence-corrected chi connectivity index (χ0v) is 11.5. The fraction of sp³-hybridized carbons (Fsp3) is 0.417. The fourth-order valence-electron chi connectivity index (χ4n) is 1.46. The summed E-state index contributed by atoms with van der Waals surface area (Å²) in [5.41, 5.74) is 0.0658. The number of hydrogen-bond acceptors (Lipinski definition) is 2. The van der Waals surface area contributed by atoms with Gasteiger partial charge in [-0.3, -0.25) is 4.79 Å². The highest BCUT2D eigenvalue weighted by atomic mass is 79.9. The summed E-state index contributed by atoms with van der Waals surface area (Å²) in [7, 11) is 1.85. The molecule has 1 rings (SSSR count). The van der Waals surface area contributed by atoms with E-state index in [0.717, 1.165) is 6.54 Å². The Morgan fingerprint density at radius 1 is 1.47 bits per heavy atom. The number of rotatable bonds is 5. The highest BCUT2D eigenvalue weighted by molar-refractivity contribution is 9.10. The lowest BCUT2D eigenvalue weighted by Gasteiger charge is -2.12. The molecule has 0 aliphatic rings. The van der Waals surface area contributed by atoms with Crippen LogP contribution < -0.4 is 10.6 Å². The standard InChI is InChI=1S/C12H16BrFN2O/c1-8(6-15-2)7-16-12(17)9-4-3-5-10(13)11(9)14/h3-5,8,15H,6-7H2,1-2H3,(H,16,17). The van der Waals surface area contributed by atoms with Crippen LogP contribution in [0.5, 0.6) is 0 Å². The first kappa shape index (κ1) is 14.1. The Morgan fingerprint density at radius 3 is 2.82 bits per heavy atom. The molecule has 17 heavy (non-hydrogen) atoms. The number of carbonyl (C=O) groups excluding carboxylic acids is 1. The number of amides is 1. The molecule has 0 aromatic heterocycles. The summed E-state index contributed by atoms with van der Waals surface area (Å²) in [6.07, 6.45) is 0. The van der Waals surface area contributed by atoms with Crippen molar-refractivity contribution in [3.8, 4) is 0 Å². The molecule has 0 bridgehead atoms. The quantitative estimate of drug-likeness (QED) is 0.875. The minimum Gasteiger partial charge on any atom is -0.352 e. The van der Waals surface area contributed by atoms with E-state index in [9.17, 15) is 9.18 Å². The van der Waals surface area contributed by atoms with Crippen LogP contribution in [0.3, 0.4) is 0 Å². The Labute approximate surface area is 109 Å². The van der Waals surface area contributed by atoms with Gasteiger partial charge in [0.25, 0.3) is 5.91 Å². The third-order valence-corrected chi connectivity index (χ3v) is 2.97. The minimum absolute atomic E-state index is 0.0658. The van der Waals surface area contributed by atoms with Crippen molar-refractivity contribution in [3.05, 3.63) is 34.1 Å². The van der Waals surface area contributed by atoms with Crippen molar-refractivity contribution in [2.24, 2.45) is 5.92 Å². The minimum atomic E-state index is -0.522. The topological polar surface area (TPSA) is 41.1 Å². The van der Waals surface area contributed by atoms with Crippen LogP contribution in [-0.4, -0.2) is 26.0 Å². The van der Waals surface area contributed by atoms with Gasteiger partial charge in [-0.15, -0.1) is 0 Å². The average molecular weight is 303 g/mol. The zero-order valence-electron chi connectivity index (χ0n) is 9.89. The summed E-state index contributed by atoms with van der Waals surface area (Å²) in [5.74, 6) is -0.600. The largest absolute Gasteiger partial charge is 0.352 e. The monoisotopic (exact) mass is 302 g/mol. The van der Waals surface area contributed by atoms with E-state index in [4.69, 9.17) is 0 Å². The van der Waals surface area contributed by atoms with Gasteiger partial charge in [-0.2, -0.15) is 0 Å². The first-order chi connectivity index (χ1) is 8.06. The molecular formula is C12H16BrFN2O. The summed E-state index contributed by atoms with van der Waals surface area (Å²) >= 11 is 3.05. The highest BCUT2D eigenvalue weighted by Crippen LogP contribution is 2.18. The molecule has 5 heteroatoms. The number of hydrogen-bond donors (Lipinski definition) is 2. The van der Waals surface area contributed by atoms with Gasteiger partial charge in [0.05, 0.1) is 10.0 Å². The fourth-order valence-corrected chi connectivity index (χ4v) is 1.83. The first-order valence-corrected chi connectivity index (χ1v) is 6.22. The van der Waals surface area contributed by atoms with E-state index in [0.29, 0.717) is 16.9 Å². The van der Waals surface area contributed by atoms with Gasteiger partial charge in [-0.05, 0) is 47.6 Å². The molecule has 0 heterocycles.